The number of pyridine rings is 1. The molecule has 0 radical (unpaired) electrons. The molecule has 108 valence electrons. The third-order valence-corrected chi connectivity index (χ3v) is 3.79. The Bertz CT molecular complexity index is 652. The molecular formula is C17H19N3O. The van der Waals surface area contributed by atoms with Crippen molar-refractivity contribution in [1.29, 1.82) is 0 Å². The third kappa shape index (κ3) is 3.10. The summed E-state index contributed by atoms with van der Waals surface area (Å²) < 4.78 is 5.86. The van der Waals surface area contributed by atoms with Crippen LogP contribution in [0.5, 0.6) is 5.88 Å². The normalized spacial score (nSPS) is 20.1. The number of rotatable bonds is 5. The summed E-state index contributed by atoms with van der Waals surface area (Å²) in [5.41, 5.74) is 3.20. The van der Waals surface area contributed by atoms with Crippen molar-refractivity contribution >= 4 is 6.08 Å². The summed E-state index contributed by atoms with van der Waals surface area (Å²) in [5.74, 6) is 2.37. The van der Waals surface area contributed by atoms with E-state index in [0.717, 1.165) is 17.7 Å². The first kappa shape index (κ1) is 13.7. The number of hydrogen-bond donors (Lipinski definition) is 0. The quantitative estimate of drug-likeness (QED) is 0.843. The smallest absolute Gasteiger partial charge is 0.224 e. The van der Waals surface area contributed by atoms with Crippen LogP contribution in [0.1, 0.15) is 35.0 Å². The van der Waals surface area contributed by atoms with E-state index in [1.165, 1.54) is 5.56 Å². The molecule has 2 aromatic rings. The minimum atomic E-state index is 0.515. The van der Waals surface area contributed by atoms with E-state index in [9.17, 15) is 0 Å². The molecule has 0 saturated heterocycles. The van der Waals surface area contributed by atoms with Crippen molar-refractivity contribution in [1.82, 2.24) is 15.0 Å². The van der Waals surface area contributed by atoms with E-state index in [4.69, 9.17) is 4.74 Å². The second-order valence-electron chi connectivity index (χ2n) is 5.56. The van der Waals surface area contributed by atoms with Crippen LogP contribution < -0.4 is 4.74 Å². The van der Waals surface area contributed by atoms with E-state index in [2.05, 4.69) is 40.6 Å². The Hall–Kier alpha value is -2.23. The lowest BCUT2D eigenvalue weighted by atomic mass is 10.2. The molecule has 1 saturated carbocycles. The highest BCUT2D eigenvalue weighted by atomic mass is 16.5. The van der Waals surface area contributed by atoms with Crippen LogP contribution in [0, 0.1) is 19.8 Å². The number of hydrogen-bond acceptors (Lipinski definition) is 4. The predicted molar refractivity (Wildman–Crippen MR) is 82.2 cm³/mol. The topological polar surface area (TPSA) is 47.9 Å². The fraction of sp³-hybridized carbons (Fsp3) is 0.353. The molecule has 1 aliphatic carbocycles. The Labute approximate surface area is 124 Å². The number of aryl methyl sites for hydroxylation is 2. The summed E-state index contributed by atoms with van der Waals surface area (Å²) >= 11 is 0. The Kier molecular flexibility index (Phi) is 3.69. The Morgan fingerprint density at radius 2 is 2.14 bits per heavy atom. The minimum Gasteiger partial charge on any atom is -0.477 e. The highest BCUT2D eigenvalue weighted by Crippen LogP contribution is 2.46. The largest absolute Gasteiger partial charge is 0.477 e. The second-order valence-corrected chi connectivity index (χ2v) is 5.56. The van der Waals surface area contributed by atoms with Crippen molar-refractivity contribution in [3.63, 3.8) is 0 Å². The van der Waals surface area contributed by atoms with E-state index < -0.39 is 0 Å². The zero-order valence-corrected chi connectivity index (χ0v) is 12.4. The van der Waals surface area contributed by atoms with Crippen LogP contribution in [0.25, 0.3) is 6.08 Å². The predicted octanol–water partition coefficient (Wildman–Crippen LogP) is 3.31. The molecule has 0 bridgehead atoms. The molecule has 21 heavy (non-hydrogen) atoms. The van der Waals surface area contributed by atoms with Crippen molar-refractivity contribution in [2.45, 2.75) is 26.2 Å². The summed E-state index contributed by atoms with van der Waals surface area (Å²) in [5, 5.41) is 0. The molecule has 0 aromatic carbocycles. The first-order valence-corrected chi connectivity index (χ1v) is 7.19. The van der Waals surface area contributed by atoms with Gasteiger partial charge in [0.2, 0.25) is 5.88 Å². The molecule has 2 aromatic heterocycles. The molecule has 2 atom stereocenters. The zero-order chi connectivity index (χ0) is 14.8. The van der Waals surface area contributed by atoms with Gasteiger partial charge in [-0.2, -0.15) is 4.98 Å². The van der Waals surface area contributed by atoms with Crippen LogP contribution in [0.4, 0.5) is 0 Å². The highest BCUT2D eigenvalue weighted by molar-refractivity contribution is 5.51. The molecule has 1 aliphatic rings. The van der Waals surface area contributed by atoms with E-state index in [1.54, 1.807) is 12.3 Å². The van der Waals surface area contributed by atoms with Gasteiger partial charge >= 0.3 is 0 Å². The lowest BCUT2D eigenvalue weighted by Gasteiger charge is -2.08. The van der Waals surface area contributed by atoms with Crippen molar-refractivity contribution < 1.29 is 4.74 Å². The van der Waals surface area contributed by atoms with Crippen LogP contribution >= 0.6 is 0 Å². The minimum absolute atomic E-state index is 0.515. The molecule has 0 spiro atoms. The molecule has 0 aliphatic heterocycles. The summed E-state index contributed by atoms with van der Waals surface area (Å²) in [7, 11) is 0. The Morgan fingerprint density at radius 1 is 1.29 bits per heavy atom. The van der Waals surface area contributed by atoms with Gasteiger partial charge in [-0.25, -0.2) is 4.98 Å². The van der Waals surface area contributed by atoms with Crippen molar-refractivity contribution in [2.24, 2.45) is 5.92 Å². The molecule has 0 amide bonds. The van der Waals surface area contributed by atoms with Gasteiger partial charge in [-0.05, 0) is 31.9 Å². The van der Waals surface area contributed by atoms with E-state index in [1.807, 2.05) is 13.1 Å². The van der Waals surface area contributed by atoms with Gasteiger partial charge in [0.05, 0.1) is 12.2 Å². The van der Waals surface area contributed by atoms with Gasteiger partial charge < -0.3 is 4.74 Å². The zero-order valence-electron chi connectivity index (χ0n) is 12.4. The molecular weight excluding hydrogens is 262 g/mol. The average Bonchev–Trinajstić information content (AvgIpc) is 3.25. The summed E-state index contributed by atoms with van der Waals surface area (Å²) in [6.07, 6.45) is 6.52. The molecule has 1 fully saturated rings. The average molecular weight is 281 g/mol. The van der Waals surface area contributed by atoms with E-state index in [0.29, 0.717) is 30.1 Å². The van der Waals surface area contributed by atoms with Crippen LogP contribution in [0.3, 0.4) is 0 Å². The lowest BCUT2D eigenvalue weighted by molar-refractivity contribution is 0.283. The highest BCUT2D eigenvalue weighted by Gasteiger charge is 2.40. The maximum absolute atomic E-state index is 5.86. The van der Waals surface area contributed by atoms with E-state index >= 15 is 0 Å². The Morgan fingerprint density at radius 3 is 2.86 bits per heavy atom. The van der Waals surface area contributed by atoms with Gasteiger partial charge in [0.15, 0.2) is 0 Å². The standard InChI is InChI=1S/C17H19N3O/c1-4-13-9-18-12(3)20-17(13)21-10-14-7-15(14)16-6-5-11(2)8-19-16/h4-6,8-9,14-15H,1,7,10H2,2-3H3. The van der Waals surface area contributed by atoms with Crippen LogP contribution in [0.2, 0.25) is 0 Å². The molecule has 4 heteroatoms. The summed E-state index contributed by atoms with van der Waals surface area (Å²) in [6, 6.07) is 4.23. The second kappa shape index (κ2) is 5.64. The Balaban J connectivity index is 1.61. The molecule has 2 unspecified atom stereocenters. The van der Waals surface area contributed by atoms with Crippen molar-refractivity contribution in [2.75, 3.05) is 6.61 Å². The summed E-state index contributed by atoms with van der Waals surface area (Å²) in [6.45, 7) is 8.34. The van der Waals surface area contributed by atoms with Gasteiger partial charge in [-0.1, -0.05) is 18.7 Å². The van der Waals surface area contributed by atoms with Crippen LogP contribution in [-0.2, 0) is 0 Å². The third-order valence-electron chi connectivity index (χ3n) is 3.79. The molecule has 0 N–H and O–H groups in total. The monoisotopic (exact) mass is 281 g/mol. The molecule has 3 rings (SSSR count). The van der Waals surface area contributed by atoms with E-state index in [-0.39, 0.29) is 0 Å². The first-order chi connectivity index (χ1) is 10.2. The maximum atomic E-state index is 5.86. The molecule has 4 nitrogen and oxygen atoms in total. The SMILES string of the molecule is C=Cc1cnc(C)nc1OCC1CC1c1ccc(C)cn1. The first-order valence-electron chi connectivity index (χ1n) is 7.19. The fourth-order valence-corrected chi connectivity index (χ4v) is 2.39. The fourth-order valence-electron chi connectivity index (χ4n) is 2.39. The van der Waals surface area contributed by atoms with Crippen LogP contribution in [-0.4, -0.2) is 21.6 Å². The van der Waals surface area contributed by atoms with Crippen molar-refractivity contribution in [3.05, 3.63) is 53.8 Å². The maximum Gasteiger partial charge on any atom is 0.224 e. The van der Waals surface area contributed by atoms with Crippen LogP contribution in [0.15, 0.2) is 31.1 Å². The van der Waals surface area contributed by atoms with Gasteiger partial charge in [0, 0.05) is 29.9 Å². The summed E-state index contributed by atoms with van der Waals surface area (Å²) in [4.78, 5) is 13.0. The molecule has 2 heterocycles. The van der Waals surface area contributed by atoms with Crippen molar-refractivity contribution in [3.8, 4) is 5.88 Å². The van der Waals surface area contributed by atoms with Gasteiger partial charge in [0.25, 0.3) is 0 Å². The lowest BCUT2D eigenvalue weighted by Crippen LogP contribution is -2.05. The number of ether oxygens (including phenoxy) is 1. The number of aromatic nitrogens is 3. The number of nitrogens with zero attached hydrogens (tertiary/aromatic N) is 3. The van der Waals surface area contributed by atoms with Gasteiger partial charge in [0.1, 0.15) is 5.82 Å². The van der Waals surface area contributed by atoms with Gasteiger partial charge in [-0.15, -0.1) is 0 Å². The van der Waals surface area contributed by atoms with Gasteiger partial charge in [-0.3, -0.25) is 4.98 Å².